The summed E-state index contributed by atoms with van der Waals surface area (Å²) in [5.74, 6) is 0. The molecule has 0 saturated heterocycles. The molecule has 0 aliphatic rings. The maximum atomic E-state index is 12.1. The van der Waals surface area contributed by atoms with Crippen LogP contribution in [0.2, 0.25) is 0 Å². The predicted molar refractivity (Wildman–Crippen MR) is 215 cm³/mol. The van der Waals surface area contributed by atoms with Gasteiger partial charge in [0.25, 0.3) is 0 Å². The molecule has 9 aromatic rings. The second kappa shape index (κ2) is 14.6. The van der Waals surface area contributed by atoms with E-state index in [4.69, 9.17) is 9.97 Å². The van der Waals surface area contributed by atoms with E-state index in [-0.39, 0.29) is 5.43 Å². The maximum Gasteiger partial charge on any atom is 0.195 e. The van der Waals surface area contributed by atoms with Crippen LogP contribution in [0.15, 0.2) is 150 Å². The van der Waals surface area contributed by atoms with E-state index in [0.717, 1.165) is 55.1 Å². The van der Waals surface area contributed by atoms with Gasteiger partial charge in [-0.15, -0.1) is 11.3 Å². The Bertz CT molecular complexity index is 2390. The van der Waals surface area contributed by atoms with Gasteiger partial charge in [-0.2, -0.15) is 0 Å². The van der Waals surface area contributed by atoms with Gasteiger partial charge in [-0.1, -0.05) is 116 Å². The summed E-state index contributed by atoms with van der Waals surface area (Å²) in [4.78, 5) is 21.8. The Labute approximate surface area is 295 Å². The molecule has 0 radical (unpaired) electrons. The van der Waals surface area contributed by atoms with Crippen molar-refractivity contribution in [3.63, 3.8) is 0 Å². The number of para-hydroxylation sites is 4. The molecule has 4 heteroatoms. The number of fused-ring (bicyclic) bond motifs is 6. The Morgan fingerprint density at radius 2 is 0.660 bits per heavy atom. The Hall–Kier alpha value is -5.45. The monoisotopic (exact) mass is 666 g/mol. The van der Waals surface area contributed by atoms with Gasteiger partial charge in [-0.25, -0.2) is 9.97 Å². The number of nitrogens with zero attached hydrogens (tertiary/aromatic N) is 2. The van der Waals surface area contributed by atoms with Crippen LogP contribution in [0.5, 0.6) is 0 Å². The molecule has 0 saturated carbocycles. The van der Waals surface area contributed by atoms with E-state index in [9.17, 15) is 4.79 Å². The Morgan fingerprint density at radius 3 is 1.04 bits per heavy atom. The molecule has 3 heterocycles. The van der Waals surface area contributed by atoms with E-state index in [1.165, 1.54) is 64.8 Å². The number of aryl methyl sites for hydroxylation is 2. The van der Waals surface area contributed by atoms with E-state index in [2.05, 4.69) is 97.1 Å². The number of rotatable bonds is 8. The van der Waals surface area contributed by atoms with Gasteiger partial charge in [0.2, 0.25) is 0 Å². The van der Waals surface area contributed by atoms with Gasteiger partial charge < -0.3 is 0 Å². The van der Waals surface area contributed by atoms with Gasteiger partial charge in [-0.3, -0.25) is 4.79 Å². The smallest absolute Gasteiger partial charge is 0.195 e. The molecule has 6 aromatic carbocycles. The standard InChI is InChI=1S/C33H30N2.C13H8OS/c1(2-4-14-24-26-16-6-10-20-30(26)34-31-21-11-7-17-27(24)31)3-5-15-25-28-18-8-12-22-32(28)35-33-23-13-9-19-29(25)33;14-13-9-5-1-3-7-11(9)15-12-8-4-2-6-10(12)13/h6-13,16-23H,1-5,14-15H2;1-8H. The number of benzene rings is 6. The van der Waals surface area contributed by atoms with Gasteiger partial charge >= 0.3 is 0 Å². The van der Waals surface area contributed by atoms with Gasteiger partial charge in [-0.05, 0) is 85.3 Å². The lowest BCUT2D eigenvalue weighted by Gasteiger charge is -2.12. The summed E-state index contributed by atoms with van der Waals surface area (Å²) >= 11 is 1.67. The number of pyridine rings is 2. The highest BCUT2D eigenvalue weighted by Crippen LogP contribution is 2.30. The van der Waals surface area contributed by atoms with Crippen molar-refractivity contribution in [1.82, 2.24) is 9.97 Å². The molecule has 0 atom stereocenters. The highest BCUT2D eigenvalue weighted by atomic mass is 32.1. The zero-order chi connectivity index (χ0) is 33.7. The molecule has 3 aromatic heterocycles. The first kappa shape index (κ1) is 31.8. The Kier molecular flexibility index (Phi) is 9.27. The zero-order valence-corrected chi connectivity index (χ0v) is 28.8. The normalized spacial score (nSPS) is 11.4. The molecule has 0 fully saturated rings. The first-order chi connectivity index (χ1) is 24.7. The predicted octanol–water partition coefficient (Wildman–Crippen LogP) is 12.2. The van der Waals surface area contributed by atoms with Crippen molar-refractivity contribution < 1.29 is 0 Å². The van der Waals surface area contributed by atoms with Crippen LogP contribution in [0.25, 0.3) is 63.8 Å². The number of aromatic nitrogens is 2. The van der Waals surface area contributed by atoms with Gasteiger partial charge in [0.15, 0.2) is 5.43 Å². The minimum Gasteiger partial charge on any atom is -0.289 e. The lowest BCUT2D eigenvalue weighted by molar-refractivity contribution is 0.616. The molecule has 0 unspecified atom stereocenters. The summed E-state index contributed by atoms with van der Waals surface area (Å²) in [6, 6.07) is 49.9. The zero-order valence-electron chi connectivity index (χ0n) is 28.0. The van der Waals surface area contributed by atoms with Crippen molar-refractivity contribution >= 4 is 75.1 Å². The number of hydrogen-bond donors (Lipinski definition) is 0. The van der Waals surface area contributed by atoms with Crippen LogP contribution in [0.3, 0.4) is 0 Å². The van der Waals surface area contributed by atoms with Crippen molar-refractivity contribution in [2.45, 2.75) is 44.9 Å². The quantitative estimate of drug-likeness (QED) is 0.120. The van der Waals surface area contributed by atoms with Crippen LogP contribution >= 0.6 is 11.3 Å². The number of hydrogen-bond acceptors (Lipinski definition) is 4. The average molecular weight is 667 g/mol. The molecular formula is C46H38N2OS. The molecule has 0 spiro atoms. The van der Waals surface area contributed by atoms with Gasteiger partial charge in [0.05, 0.1) is 22.1 Å². The molecular weight excluding hydrogens is 629 g/mol. The Morgan fingerprint density at radius 1 is 0.360 bits per heavy atom. The fraction of sp³-hybridized carbons (Fsp3) is 0.152. The third-order valence-electron chi connectivity index (χ3n) is 9.74. The van der Waals surface area contributed by atoms with Crippen LogP contribution in [0, 0.1) is 0 Å². The van der Waals surface area contributed by atoms with Crippen molar-refractivity contribution in [2.75, 3.05) is 0 Å². The lowest BCUT2D eigenvalue weighted by atomic mass is 9.96. The van der Waals surface area contributed by atoms with Crippen LogP contribution in [0.1, 0.15) is 43.2 Å². The van der Waals surface area contributed by atoms with Gasteiger partial charge in [0, 0.05) is 41.7 Å². The summed E-state index contributed by atoms with van der Waals surface area (Å²) in [5.41, 5.74) is 7.49. The molecule has 9 rings (SSSR count). The fourth-order valence-corrected chi connectivity index (χ4v) is 8.35. The summed E-state index contributed by atoms with van der Waals surface area (Å²) < 4.78 is 2.11. The van der Waals surface area contributed by atoms with Crippen LogP contribution in [-0.4, -0.2) is 9.97 Å². The molecule has 244 valence electrons. The van der Waals surface area contributed by atoms with Crippen molar-refractivity contribution in [2.24, 2.45) is 0 Å². The summed E-state index contributed by atoms with van der Waals surface area (Å²) in [7, 11) is 0. The van der Waals surface area contributed by atoms with Crippen molar-refractivity contribution in [3.8, 4) is 0 Å². The minimum atomic E-state index is 0.139. The second-order valence-corrected chi connectivity index (χ2v) is 14.0. The summed E-state index contributed by atoms with van der Waals surface area (Å²) in [5, 5.41) is 6.87. The minimum absolute atomic E-state index is 0.139. The van der Waals surface area contributed by atoms with Crippen molar-refractivity contribution in [1.29, 1.82) is 0 Å². The third-order valence-corrected chi connectivity index (χ3v) is 10.9. The van der Waals surface area contributed by atoms with E-state index in [1.54, 1.807) is 11.3 Å². The average Bonchev–Trinajstić information content (AvgIpc) is 3.17. The summed E-state index contributed by atoms with van der Waals surface area (Å²) in [6.45, 7) is 0. The molecule has 3 nitrogen and oxygen atoms in total. The first-order valence-electron chi connectivity index (χ1n) is 17.7. The van der Waals surface area contributed by atoms with Crippen LogP contribution in [0.4, 0.5) is 0 Å². The molecule has 50 heavy (non-hydrogen) atoms. The third kappa shape index (κ3) is 6.47. The van der Waals surface area contributed by atoms with E-state index in [0.29, 0.717) is 0 Å². The van der Waals surface area contributed by atoms with E-state index >= 15 is 0 Å². The Balaban J connectivity index is 0.000000200. The number of unbranched alkanes of at least 4 members (excludes halogenated alkanes) is 4. The highest BCUT2D eigenvalue weighted by molar-refractivity contribution is 7.24. The van der Waals surface area contributed by atoms with Crippen LogP contribution < -0.4 is 5.43 Å². The van der Waals surface area contributed by atoms with Crippen LogP contribution in [-0.2, 0) is 12.8 Å². The van der Waals surface area contributed by atoms with E-state index < -0.39 is 0 Å². The molecule has 0 aliphatic carbocycles. The highest BCUT2D eigenvalue weighted by Gasteiger charge is 2.10. The van der Waals surface area contributed by atoms with Crippen molar-refractivity contribution in [3.05, 3.63) is 167 Å². The fourth-order valence-electron chi connectivity index (χ4n) is 7.28. The molecule has 0 aliphatic heterocycles. The first-order valence-corrected chi connectivity index (χ1v) is 18.5. The lowest BCUT2D eigenvalue weighted by Crippen LogP contribution is -1.99. The van der Waals surface area contributed by atoms with Gasteiger partial charge in [0.1, 0.15) is 0 Å². The largest absolute Gasteiger partial charge is 0.289 e. The second-order valence-electron chi connectivity index (χ2n) is 12.9. The topological polar surface area (TPSA) is 42.9 Å². The van der Waals surface area contributed by atoms with E-state index in [1.807, 2.05) is 48.5 Å². The molecule has 0 amide bonds. The summed E-state index contributed by atoms with van der Waals surface area (Å²) in [6.07, 6.45) is 8.48. The molecule has 0 bridgehead atoms. The maximum absolute atomic E-state index is 12.1. The SMILES string of the molecule is O=c1c2ccccc2sc2ccccc12.c1ccc2c(CCCCCCCc3c4ccccc4nc4ccccc34)c3ccccc3nc2c1. The molecule has 0 N–H and O–H groups in total.